The highest BCUT2D eigenvalue weighted by Crippen LogP contribution is 2.45. The number of hydrogen-bond acceptors (Lipinski definition) is 9. The Morgan fingerprint density at radius 2 is 1.97 bits per heavy atom. The lowest BCUT2D eigenvalue weighted by atomic mass is 10.2. The summed E-state index contributed by atoms with van der Waals surface area (Å²) in [5, 5.41) is 1.93. The summed E-state index contributed by atoms with van der Waals surface area (Å²) in [7, 11) is 0. The van der Waals surface area contributed by atoms with Gasteiger partial charge in [0.1, 0.15) is 15.4 Å². The Morgan fingerprint density at radius 1 is 1.13 bits per heavy atom. The van der Waals surface area contributed by atoms with Crippen LogP contribution in [-0.4, -0.2) is 32.5 Å². The first-order chi connectivity index (χ1) is 15.1. The summed E-state index contributed by atoms with van der Waals surface area (Å²) in [4.78, 5) is 35.5. The fourth-order valence-electron chi connectivity index (χ4n) is 3.07. The van der Waals surface area contributed by atoms with E-state index in [9.17, 15) is 4.79 Å². The molecule has 0 radical (unpaired) electrons. The number of esters is 1. The quantitative estimate of drug-likeness (QED) is 0.306. The van der Waals surface area contributed by atoms with Crippen molar-refractivity contribution in [2.75, 3.05) is 11.5 Å². The zero-order valence-corrected chi connectivity index (χ0v) is 19.6. The van der Waals surface area contributed by atoms with Crippen LogP contribution in [0.2, 0.25) is 5.02 Å². The molecule has 0 atom stereocenters. The minimum atomic E-state index is -0.488. The lowest BCUT2D eigenvalue weighted by Crippen LogP contribution is -2.17. The van der Waals surface area contributed by atoms with E-state index in [4.69, 9.17) is 21.3 Å². The molecule has 160 valence electrons. The number of nitrogens with zero attached hydrogens (tertiary/aromatic N) is 5. The average molecular weight is 474 g/mol. The van der Waals surface area contributed by atoms with Crippen molar-refractivity contribution in [3.05, 3.63) is 51.2 Å². The largest absolute Gasteiger partial charge is 0.462 e. The Labute approximate surface area is 192 Å². The van der Waals surface area contributed by atoms with Crippen LogP contribution in [-0.2, 0) is 17.6 Å². The predicted molar refractivity (Wildman–Crippen MR) is 125 cm³/mol. The van der Waals surface area contributed by atoms with E-state index < -0.39 is 5.97 Å². The molecule has 4 aromatic rings. The zero-order chi connectivity index (χ0) is 22.0. The SMILES string of the molecule is CCOC(=O)c1c(N(c2cnccn2)c2ncc3cc(CC)sc3n2)sc(CC)c1Cl. The summed E-state index contributed by atoms with van der Waals surface area (Å²) in [5.41, 5.74) is 0.292. The molecule has 0 N–H and O–H groups in total. The molecule has 0 spiro atoms. The van der Waals surface area contributed by atoms with Crippen molar-refractivity contribution in [1.82, 2.24) is 19.9 Å². The maximum absolute atomic E-state index is 12.8. The van der Waals surface area contributed by atoms with Gasteiger partial charge in [0, 0.05) is 33.7 Å². The predicted octanol–water partition coefficient (Wildman–Crippen LogP) is 5.97. The van der Waals surface area contributed by atoms with E-state index >= 15 is 0 Å². The first kappa shape index (κ1) is 21.6. The average Bonchev–Trinajstić information content (AvgIpc) is 3.35. The molecule has 0 aliphatic heterocycles. The van der Waals surface area contributed by atoms with Crippen molar-refractivity contribution in [2.45, 2.75) is 33.6 Å². The highest BCUT2D eigenvalue weighted by atomic mass is 35.5. The molecular weight excluding hydrogens is 454 g/mol. The minimum absolute atomic E-state index is 0.245. The van der Waals surface area contributed by atoms with Crippen LogP contribution in [0.15, 0.2) is 30.9 Å². The van der Waals surface area contributed by atoms with Crippen LogP contribution in [0, 0.1) is 0 Å². The number of carbonyl (C=O) groups is 1. The number of aromatic nitrogens is 4. The maximum Gasteiger partial charge on any atom is 0.342 e. The highest BCUT2D eigenvalue weighted by Gasteiger charge is 2.30. The second kappa shape index (κ2) is 9.25. The molecule has 0 fully saturated rings. The fraction of sp³-hybridized carbons (Fsp3) is 0.286. The normalized spacial score (nSPS) is 11.1. The van der Waals surface area contributed by atoms with Gasteiger partial charge < -0.3 is 4.74 Å². The second-order valence-corrected chi connectivity index (χ2v) is 9.07. The molecule has 10 heteroatoms. The van der Waals surface area contributed by atoms with E-state index in [1.54, 1.807) is 47.9 Å². The van der Waals surface area contributed by atoms with E-state index in [0.29, 0.717) is 33.8 Å². The van der Waals surface area contributed by atoms with E-state index in [-0.39, 0.29) is 6.61 Å². The Bertz CT molecular complexity index is 1230. The third-order valence-corrected chi connectivity index (χ3v) is 7.58. The number of thiophene rings is 2. The first-order valence-electron chi connectivity index (χ1n) is 9.87. The van der Waals surface area contributed by atoms with Gasteiger partial charge in [-0.15, -0.1) is 22.7 Å². The van der Waals surface area contributed by atoms with Crippen LogP contribution in [0.3, 0.4) is 0 Å². The van der Waals surface area contributed by atoms with E-state index in [0.717, 1.165) is 21.5 Å². The molecule has 4 rings (SSSR count). The molecular formula is C21H20ClN5O2S2. The van der Waals surface area contributed by atoms with Crippen molar-refractivity contribution in [1.29, 1.82) is 0 Å². The molecule has 4 aromatic heterocycles. The zero-order valence-electron chi connectivity index (χ0n) is 17.3. The van der Waals surface area contributed by atoms with Crippen molar-refractivity contribution >= 4 is 67.2 Å². The third kappa shape index (κ3) is 4.13. The summed E-state index contributed by atoms with van der Waals surface area (Å²) >= 11 is 9.63. The van der Waals surface area contributed by atoms with E-state index in [1.807, 2.05) is 6.92 Å². The molecule has 31 heavy (non-hydrogen) atoms. The highest BCUT2D eigenvalue weighted by molar-refractivity contribution is 7.18. The summed E-state index contributed by atoms with van der Waals surface area (Å²) in [6.07, 6.45) is 8.17. The van der Waals surface area contributed by atoms with Gasteiger partial charge in [0.25, 0.3) is 0 Å². The van der Waals surface area contributed by atoms with Crippen molar-refractivity contribution < 1.29 is 9.53 Å². The van der Waals surface area contributed by atoms with Gasteiger partial charge >= 0.3 is 5.97 Å². The number of halogens is 1. The van der Waals surface area contributed by atoms with Crippen LogP contribution in [0.25, 0.3) is 10.2 Å². The smallest absolute Gasteiger partial charge is 0.342 e. The molecule has 0 saturated carbocycles. The van der Waals surface area contributed by atoms with Gasteiger partial charge in [-0.3, -0.25) is 9.88 Å². The molecule has 0 bridgehead atoms. The number of ether oxygens (including phenoxy) is 1. The Morgan fingerprint density at radius 3 is 2.65 bits per heavy atom. The van der Waals surface area contributed by atoms with Crippen molar-refractivity contribution in [3.8, 4) is 0 Å². The molecule has 0 saturated heterocycles. The van der Waals surface area contributed by atoms with Gasteiger partial charge in [-0.25, -0.2) is 19.7 Å². The van der Waals surface area contributed by atoms with Gasteiger partial charge in [-0.1, -0.05) is 25.4 Å². The van der Waals surface area contributed by atoms with Gasteiger partial charge in [-0.05, 0) is 25.8 Å². The molecule has 0 amide bonds. The van der Waals surface area contributed by atoms with Crippen LogP contribution in [0.4, 0.5) is 16.8 Å². The molecule has 7 nitrogen and oxygen atoms in total. The van der Waals surface area contributed by atoms with Crippen LogP contribution < -0.4 is 4.90 Å². The standard InChI is InChI=1S/C21H20ClN5O2S2/c1-4-13-9-12-10-25-21(26-18(12)30-13)27(15-11-23-7-8-24-15)19-16(20(28)29-6-3)17(22)14(5-2)31-19/h7-11H,4-6H2,1-3H3. The molecule has 0 aliphatic carbocycles. The van der Waals surface area contributed by atoms with Gasteiger partial charge in [0.2, 0.25) is 5.95 Å². The monoisotopic (exact) mass is 473 g/mol. The Kier molecular flexibility index (Phi) is 6.45. The molecule has 0 aromatic carbocycles. The number of aryl methyl sites for hydroxylation is 2. The number of anilines is 3. The minimum Gasteiger partial charge on any atom is -0.462 e. The number of fused-ring (bicyclic) bond motifs is 1. The number of rotatable bonds is 7. The summed E-state index contributed by atoms with van der Waals surface area (Å²) in [6.45, 7) is 6.10. The lowest BCUT2D eigenvalue weighted by Gasteiger charge is -2.20. The molecule has 0 aliphatic rings. The second-order valence-electron chi connectivity index (χ2n) is 6.49. The summed E-state index contributed by atoms with van der Waals surface area (Å²) in [5.74, 6) is 0.390. The molecule has 0 unspecified atom stereocenters. The van der Waals surface area contributed by atoms with Crippen molar-refractivity contribution in [3.63, 3.8) is 0 Å². The van der Waals surface area contributed by atoms with Gasteiger partial charge in [0.15, 0.2) is 5.82 Å². The maximum atomic E-state index is 12.8. The topological polar surface area (TPSA) is 81.1 Å². The number of hydrogen-bond donors (Lipinski definition) is 0. The van der Waals surface area contributed by atoms with Gasteiger partial charge in [0.05, 0.1) is 17.8 Å². The summed E-state index contributed by atoms with van der Waals surface area (Å²) in [6, 6.07) is 2.09. The third-order valence-electron chi connectivity index (χ3n) is 4.54. The van der Waals surface area contributed by atoms with Crippen LogP contribution in [0.5, 0.6) is 0 Å². The Hall–Kier alpha value is -2.62. The number of carbonyl (C=O) groups excluding carboxylic acids is 1. The van der Waals surface area contributed by atoms with E-state index in [2.05, 4.69) is 27.9 Å². The fourth-order valence-corrected chi connectivity index (χ4v) is 5.60. The van der Waals surface area contributed by atoms with Crippen LogP contribution >= 0.6 is 34.3 Å². The summed E-state index contributed by atoms with van der Waals surface area (Å²) < 4.78 is 5.30. The Balaban J connectivity index is 1.94. The molecule has 4 heterocycles. The van der Waals surface area contributed by atoms with Crippen molar-refractivity contribution in [2.24, 2.45) is 0 Å². The lowest BCUT2D eigenvalue weighted by molar-refractivity contribution is 0.0528. The van der Waals surface area contributed by atoms with Gasteiger partial charge in [-0.2, -0.15) is 0 Å². The van der Waals surface area contributed by atoms with E-state index in [1.165, 1.54) is 16.2 Å². The van der Waals surface area contributed by atoms with Crippen LogP contribution in [0.1, 0.15) is 40.9 Å². The first-order valence-corrected chi connectivity index (χ1v) is 11.9.